The summed E-state index contributed by atoms with van der Waals surface area (Å²) < 4.78 is 17.9. The van der Waals surface area contributed by atoms with Crippen molar-refractivity contribution in [1.29, 1.82) is 0 Å². The Hall–Kier alpha value is -3.40. The number of carboxylic acid groups (broad SMARTS) is 1. The van der Waals surface area contributed by atoms with Gasteiger partial charge in [-0.25, -0.2) is 9.18 Å². The first-order chi connectivity index (χ1) is 11.0. The summed E-state index contributed by atoms with van der Waals surface area (Å²) in [7, 11) is 0. The zero-order valence-corrected chi connectivity index (χ0v) is 11.7. The number of carbonyl (C=O) groups is 1. The largest absolute Gasteiger partial charge is 0.479 e. The molecule has 0 heterocycles. The van der Waals surface area contributed by atoms with Crippen LogP contribution in [0.25, 0.3) is 0 Å². The predicted molar refractivity (Wildman–Crippen MR) is 78.6 cm³/mol. The molecule has 0 spiro atoms. The predicted octanol–water partition coefficient (Wildman–Crippen LogP) is 2.60. The van der Waals surface area contributed by atoms with Gasteiger partial charge in [0, 0.05) is 17.2 Å². The zero-order chi connectivity index (χ0) is 16.8. The van der Waals surface area contributed by atoms with Gasteiger partial charge >= 0.3 is 11.7 Å². The van der Waals surface area contributed by atoms with Crippen LogP contribution in [0.4, 0.5) is 10.1 Å². The van der Waals surface area contributed by atoms with E-state index >= 15 is 0 Å². The summed E-state index contributed by atoms with van der Waals surface area (Å²) in [6.45, 7) is -0.685. The molecule has 0 fully saturated rings. The van der Waals surface area contributed by atoms with E-state index in [-0.39, 0.29) is 5.75 Å². The van der Waals surface area contributed by atoms with Crippen LogP contribution < -0.4 is 4.74 Å². The first kappa shape index (κ1) is 16.0. The lowest BCUT2D eigenvalue weighted by atomic mass is 10.1. The van der Waals surface area contributed by atoms with Gasteiger partial charge in [-0.1, -0.05) is 17.9 Å². The molecule has 0 aliphatic heterocycles. The second kappa shape index (κ2) is 7.04. The molecule has 0 aliphatic carbocycles. The standard InChI is InChI=1S/C16H10FNO5/c17-13-3-1-2-11(8-13)4-5-12-6-7-15(23-10-16(19)20)14(9-12)18(21)22/h1-3,6-9H,10H2,(H,19,20). The van der Waals surface area contributed by atoms with Crippen LogP contribution in [0.2, 0.25) is 0 Å². The van der Waals surface area contributed by atoms with E-state index in [1.54, 1.807) is 6.07 Å². The van der Waals surface area contributed by atoms with Crippen molar-refractivity contribution in [2.24, 2.45) is 0 Å². The number of hydrogen-bond donors (Lipinski definition) is 1. The van der Waals surface area contributed by atoms with Crippen LogP contribution in [-0.2, 0) is 4.79 Å². The van der Waals surface area contributed by atoms with Gasteiger partial charge in [-0.3, -0.25) is 10.1 Å². The van der Waals surface area contributed by atoms with Gasteiger partial charge in [-0.05, 0) is 30.3 Å². The SMILES string of the molecule is O=C(O)COc1ccc(C#Cc2cccc(F)c2)cc1[N+](=O)[O-]. The Morgan fingerprint density at radius 1 is 1.22 bits per heavy atom. The highest BCUT2D eigenvalue weighted by molar-refractivity contribution is 5.69. The average Bonchev–Trinajstić information content (AvgIpc) is 2.51. The fraction of sp³-hybridized carbons (Fsp3) is 0.0625. The fourth-order valence-corrected chi connectivity index (χ4v) is 1.71. The number of rotatable bonds is 4. The van der Waals surface area contributed by atoms with Gasteiger partial charge < -0.3 is 9.84 Å². The Bertz CT molecular complexity index is 823. The monoisotopic (exact) mass is 315 g/mol. The molecule has 2 rings (SSSR count). The fourth-order valence-electron chi connectivity index (χ4n) is 1.71. The molecule has 0 atom stereocenters. The first-order valence-electron chi connectivity index (χ1n) is 6.36. The Balaban J connectivity index is 2.29. The topological polar surface area (TPSA) is 89.7 Å². The summed E-state index contributed by atoms with van der Waals surface area (Å²) in [5.41, 5.74) is 0.361. The maximum absolute atomic E-state index is 13.0. The molecule has 0 unspecified atom stereocenters. The number of halogens is 1. The van der Waals surface area contributed by atoms with E-state index < -0.39 is 29.0 Å². The number of ether oxygens (including phenoxy) is 1. The van der Waals surface area contributed by atoms with Crippen molar-refractivity contribution < 1.29 is 24.0 Å². The third kappa shape index (κ3) is 4.54. The summed E-state index contributed by atoms with van der Waals surface area (Å²) >= 11 is 0. The number of hydrogen-bond acceptors (Lipinski definition) is 4. The van der Waals surface area contributed by atoms with Crippen LogP contribution in [-0.4, -0.2) is 22.6 Å². The maximum Gasteiger partial charge on any atom is 0.341 e. The third-order valence-electron chi connectivity index (χ3n) is 2.68. The van der Waals surface area contributed by atoms with Crippen molar-refractivity contribution in [2.75, 3.05) is 6.61 Å². The van der Waals surface area contributed by atoms with Gasteiger partial charge in [0.25, 0.3) is 0 Å². The van der Waals surface area contributed by atoms with Crippen molar-refractivity contribution in [3.8, 4) is 17.6 Å². The Morgan fingerprint density at radius 3 is 2.52 bits per heavy atom. The summed E-state index contributed by atoms with van der Waals surface area (Å²) in [4.78, 5) is 20.8. The molecular weight excluding hydrogens is 305 g/mol. The lowest BCUT2D eigenvalue weighted by molar-refractivity contribution is -0.385. The van der Waals surface area contributed by atoms with Gasteiger partial charge in [0.15, 0.2) is 12.4 Å². The van der Waals surface area contributed by atoms with Crippen molar-refractivity contribution in [2.45, 2.75) is 0 Å². The van der Waals surface area contributed by atoms with Gasteiger partial charge in [-0.15, -0.1) is 0 Å². The smallest absolute Gasteiger partial charge is 0.341 e. The number of nitro benzene ring substituents is 1. The van der Waals surface area contributed by atoms with E-state index in [0.29, 0.717) is 11.1 Å². The Labute approximate surface area is 130 Å². The van der Waals surface area contributed by atoms with Crippen LogP contribution in [0.3, 0.4) is 0 Å². The summed E-state index contributed by atoms with van der Waals surface area (Å²) in [6, 6.07) is 9.53. The minimum atomic E-state index is -1.24. The zero-order valence-electron chi connectivity index (χ0n) is 11.7. The normalized spacial score (nSPS) is 9.61. The summed E-state index contributed by atoms with van der Waals surface area (Å²) in [5.74, 6) is 3.54. The maximum atomic E-state index is 13.0. The van der Waals surface area contributed by atoms with Crippen LogP contribution in [0.1, 0.15) is 11.1 Å². The van der Waals surface area contributed by atoms with E-state index in [2.05, 4.69) is 11.8 Å². The van der Waals surface area contributed by atoms with Gasteiger partial charge in [-0.2, -0.15) is 0 Å². The second-order valence-electron chi connectivity index (χ2n) is 4.38. The van der Waals surface area contributed by atoms with E-state index in [1.165, 1.54) is 36.4 Å². The molecule has 0 bridgehead atoms. The van der Waals surface area contributed by atoms with E-state index in [0.717, 1.165) is 0 Å². The lowest BCUT2D eigenvalue weighted by Gasteiger charge is -2.04. The lowest BCUT2D eigenvalue weighted by Crippen LogP contribution is -2.10. The molecular formula is C16H10FNO5. The molecule has 2 aromatic carbocycles. The van der Waals surface area contributed by atoms with E-state index in [4.69, 9.17) is 9.84 Å². The quantitative estimate of drug-likeness (QED) is 0.532. The van der Waals surface area contributed by atoms with Gasteiger partial charge in [0.05, 0.1) is 4.92 Å². The highest BCUT2D eigenvalue weighted by atomic mass is 19.1. The highest BCUT2D eigenvalue weighted by Gasteiger charge is 2.16. The number of carboxylic acids is 1. The molecule has 2 aromatic rings. The number of aliphatic carboxylic acids is 1. The van der Waals surface area contributed by atoms with Crippen molar-refractivity contribution in [1.82, 2.24) is 0 Å². The van der Waals surface area contributed by atoms with Crippen molar-refractivity contribution in [3.63, 3.8) is 0 Å². The van der Waals surface area contributed by atoms with Crippen LogP contribution in [0.5, 0.6) is 5.75 Å². The molecule has 0 amide bonds. The third-order valence-corrected chi connectivity index (χ3v) is 2.68. The molecule has 6 nitrogen and oxygen atoms in total. The Morgan fingerprint density at radius 2 is 1.91 bits per heavy atom. The molecule has 0 saturated carbocycles. The van der Waals surface area contributed by atoms with E-state index in [9.17, 15) is 19.3 Å². The second-order valence-corrected chi connectivity index (χ2v) is 4.38. The minimum absolute atomic E-state index is 0.159. The minimum Gasteiger partial charge on any atom is -0.479 e. The number of nitrogens with zero attached hydrogens (tertiary/aromatic N) is 1. The van der Waals surface area contributed by atoms with Gasteiger partial charge in [0.1, 0.15) is 5.82 Å². The van der Waals surface area contributed by atoms with Crippen LogP contribution in [0, 0.1) is 27.8 Å². The number of nitro groups is 1. The molecule has 0 radical (unpaired) electrons. The molecule has 23 heavy (non-hydrogen) atoms. The summed E-state index contributed by atoms with van der Waals surface area (Å²) in [6.07, 6.45) is 0. The molecule has 0 saturated heterocycles. The van der Waals surface area contributed by atoms with E-state index in [1.807, 2.05) is 0 Å². The molecule has 1 N–H and O–H groups in total. The molecule has 0 aromatic heterocycles. The van der Waals surface area contributed by atoms with Crippen LogP contribution >= 0.6 is 0 Å². The average molecular weight is 315 g/mol. The Kier molecular flexibility index (Phi) is 4.89. The summed E-state index contributed by atoms with van der Waals surface area (Å²) in [5, 5.41) is 19.6. The highest BCUT2D eigenvalue weighted by Crippen LogP contribution is 2.27. The van der Waals surface area contributed by atoms with Crippen molar-refractivity contribution >= 4 is 11.7 Å². The van der Waals surface area contributed by atoms with Crippen molar-refractivity contribution in [3.05, 3.63) is 69.5 Å². The van der Waals surface area contributed by atoms with Gasteiger partial charge in [0.2, 0.25) is 0 Å². The van der Waals surface area contributed by atoms with Crippen LogP contribution in [0.15, 0.2) is 42.5 Å². The molecule has 7 heteroatoms. The number of benzene rings is 2. The first-order valence-corrected chi connectivity index (χ1v) is 6.36. The molecule has 0 aliphatic rings. The molecule has 116 valence electrons.